The van der Waals surface area contributed by atoms with Gasteiger partial charge in [-0.3, -0.25) is 9.78 Å². The Balaban J connectivity index is 1.65. The van der Waals surface area contributed by atoms with Crippen LogP contribution in [0.25, 0.3) is 5.69 Å². The van der Waals surface area contributed by atoms with Crippen LogP contribution in [0.2, 0.25) is 0 Å². The molecule has 0 atom stereocenters. The number of rotatable bonds is 5. The van der Waals surface area contributed by atoms with Crippen LogP contribution in [0.4, 0.5) is 5.82 Å². The van der Waals surface area contributed by atoms with Crippen LogP contribution in [0.15, 0.2) is 60.0 Å². The van der Waals surface area contributed by atoms with Gasteiger partial charge in [-0.05, 0) is 50.5 Å². The van der Waals surface area contributed by atoms with Gasteiger partial charge in [-0.25, -0.2) is 10.1 Å². The molecular formula is C22H24N6O. The summed E-state index contributed by atoms with van der Waals surface area (Å²) in [5.41, 5.74) is 5.86. The SMILES string of the molecule is Cc1nn(-c2ccccc2)c(N2CCCCC2)c1/C=N/NC(=O)c1cccnc1. The molecule has 148 valence electrons. The van der Waals surface area contributed by atoms with Crippen molar-refractivity contribution < 1.29 is 4.79 Å². The van der Waals surface area contributed by atoms with Gasteiger partial charge in [-0.2, -0.15) is 10.2 Å². The van der Waals surface area contributed by atoms with Crippen LogP contribution >= 0.6 is 0 Å². The molecule has 0 saturated carbocycles. The van der Waals surface area contributed by atoms with Gasteiger partial charge in [0.2, 0.25) is 0 Å². The van der Waals surface area contributed by atoms with Crippen molar-refractivity contribution in [2.75, 3.05) is 18.0 Å². The summed E-state index contributed by atoms with van der Waals surface area (Å²) in [4.78, 5) is 18.6. The Hall–Kier alpha value is -3.48. The van der Waals surface area contributed by atoms with Crippen LogP contribution < -0.4 is 10.3 Å². The van der Waals surface area contributed by atoms with Gasteiger partial charge in [0.15, 0.2) is 0 Å². The summed E-state index contributed by atoms with van der Waals surface area (Å²) >= 11 is 0. The van der Waals surface area contributed by atoms with Crippen molar-refractivity contribution in [3.8, 4) is 5.69 Å². The molecule has 3 aromatic rings. The lowest BCUT2D eigenvalue weighted by Gasteiger charge is -2.29. The number of hydrazone groups is 1. The fourth-order valence-electron chi connectivity index (χ4n) is 3.55. The molecule has 1 N–H and O–H groups in total. The highest BCUT2D eigenvalue weighted by molar-refractivity contribution is 5.95. The lowest BCUT2D eigenvalue weighted by atomic mass is 10.1. The molecule has 1 aliphatic rings. The van der Waals surface area contributed by atoms with Gasteiger partial charge in [0.25, 0.3) is 5.91 Å². The van der Waals surface area contributed by atoms with Crippen LogP contribution in [0.5, 0.6) is 0 Å². The number of nitrogens with one attached hydrogen (secondary N) is 1. The first-order chi connectivity index (χ1) is 14.2. The largest absolute Gasteiger partial charge is 0.356 e. The molecule has 0 radical (unpaired) electrons. The van der Waals surface area contributed by atoms with E-state index in [1.165, 1.54) is 12.6 Å². The minimum absolute atomic E-state index is 0.290. The highest BCUT2D eigenvalue weighted by Crippen LogP contribution is 2.28. The van der Waals surface area contributed by atoms with Gasteiger partial charge in [-0.1, -0.05) is 18.2 Å². The Morgan fingerprint density at radius 2 is 1.90 bits per heavy atom. The Morgan fingerprint density at radius 1 is 1.10 bits per heavy atom. The third-order valence-electron chi connectivity index (χ3n) is 5.02. The van der Waals surface area contributed by atoms with Gasteiger partial charge in [0.1, 0.15) is 5.82 Å². The third-order valence-corrected chi connectivity index (χ3v) is 5.02. The minimum Gasteiger partial charge on any atom is -0.356 e. The van der Waals surface area contributed by atoms with Crippen molar-refractivity contribution in [1.82, 2.24) is 20.2 Å². The number of hydrogen-bond acceptors (Lipinski definition) is 5. The second-order valence-corrected chi connectivity index (χ2v) is 7.06. The molecule has 0 spiro atoms. The highest BCUT2D eigenvalue weighted by Gasteiger charge is 2.22. The molecule has 1 amide bonds. The van der Waals surface area contributed by atoms with Crippen molar-refractivity contribution in [2.45, 2.75) is 26.2 Å². The molecule has 1 fully saturated rings. The number of pyridine rings is 1. The number of hydrogen-bond donors (Lipinski definition) is 1. The summed E-state index contributed by atoms with van der Waals surface area (Å²) < 4.78 is 1.98. The van der Waals surface area contributed by atoms with Crippen molar-refractivity contribution >= 4 is 17.9 Å². The molecule has 1 aromatic carbocycles. The molecule has 0 aliphatic carbocycles. The van der Waals surface area contributed by atoms with Gasteiger partial charge < -0.3 is 4.90 Å². The number of anilines is 1. The maximum atomic E-state index is 12.2. The van der Waals surface area contributed by atoms with E-state index in [1.807, 2.05) is 41.9 Å². The summed E-state index contributed by atoms with van der Waals surface area (Å²) in [5.74, 6) is 0.731. The van der Waals surface area contributed by atoms with E-state index < -0.39 is 0 Å². The van der Waals surface area contributed by atoms with Gasteiger partial charge in [0, 0.05) is 25.5 Å². The Morgan fingerprint density at radius 3 is 2.62 bits per heavy atom. The van der Waals surface area contributed by atoms with Crippen LogP contribution in [0.1, 0.15) is 40.9 Å². The summed E-state index contributed by atoms with van der Waals surface area (Å²) in [6.45, 7) is 3.94. The van der Waals surface area contributed by atoms with Crippen LogP contribution in [0, 0.1) is 6.92 Å². The first-order valence-electron chi connectivity index (χ1n) is 9.87. The zero-order valence-electron chi connectivity index (χ0n) is 16.5. The van der Waals surface area contributed by atoms with E-state index in [4.69, 9.17) is 5.10 Å². The molecule has 7 nitrogen and oxygen atoms in total. The molecular weight excluding hydrogens is 364 g/mol. The normalized spacial score (nSPS) is 14.3. The zero-order valence-corrected chi connectivity index (χ0v) is 16.5. The molecule has 3 heterocycles. The molecule has 0 bridgehead atoms. The van der Waals surface area contributed by atoms with E-state index in [9.17, 15) is 4.79 Å². The Bertz CT molecular complexity index is 991. The quantitative estimate of drug-likeness (QED) is 0.537. The number of aromatic nitrogens is 3. The summed E-state index contributed by atoms with van der Waals surface area (Å²) in [6.07, 6.45) is 8.41. The van der Waals surface area contributed by atoms with Crippen LogP contribution in [-0.4, -0.2) is 40.0 Å². The Kier molecular flexibility index (Phi) is 5.65. The van der Waals surface area contributed by atoms with Crippen LogP contribution in [-0.2, 0) is 0 Å². The lowest BCUT2D eigenvalue weighted by Crippen LogP contribution is -2.32. The van der Waals surface area contributed by atoms with E-state index in [-0.39, 0.29) is 5.91 Å². The number of para-hydroxylation sites is 1. The van der Waals surface area contributed by atoms with Crippen molar-refractivity contribution in [1.29, 1.82) is 0 Å². The molecule has 1 aliphatic heterocycles. The first-order valence-corrected chi connectivity index (χ1v) is 9.87. The number of aryl methyl sites for hydroxylation is 1. The number of carbonyl (C=O) groups excluding carboxylic acids is 1. The fraction of sp³-hybridized carbons (Fsp3) is 0.273. The average molecular weight is 388 g/mol. The van der Waals surface area contributed by atoms with Gasteiger partial charge in [0.05, 0.1) is 28.7 Å². The van der Waals surface area contributed by atoms with E-state index in [2.05, 4.69) is 20.4 Å². The van der Waals surface area contributed by atoms with E-state index in [1.54, 1.807) is 24.5 Å². The highest BCUT2D eigenvalue weighted by atomic mass is 16.2. The van der Waals surface area contributed by atoms with Crippen molar-refractivity contribution in [3.05, 3.63) is 71.7 Å². The lowest BCUT2D eigenvalue weighted by molar-refractivity contribution is 0.0955. The van der Waals surface area contributed by atoms with Crippen molar-refractivity contribution in [2.24, 2.45) is 5.10 Å². The summed E-state index contributed by atoms with van der Waals surface area (Å²) in [7, 11) is 0. The van der Waals surface area contributed by atoms with Crippen LogP contribution in [0.3, 0.4) is 0 Å². The van der Waals surface area contributed by atoms with Gasteiger partial charge in [-0.15, -0.1) is 0 Å². The number of carbonyl (C=O) groups is 1. The average Bonchev–Trinajstić information content (AvgIpc) is 3.12. The zero-order chi connectivity index (χ0) is 20.1. The molecule has 29 heavy (non-hydrogen) atoms. The predicted molar refractivity (Wildman–Crippen MR) is 114 cm³/mol. The maximum absolute atomic E-state index is 12.2. The second-order valence-electron chi connectivity index (χ2n) is 7.06. The Labute approximate surface area is 170 Å². The molecule has 0 unspecified atom stereocenters. The standard InChI is InChI=1S/C22H24N6O/c1-17-20(16-24-25-21(29)18-9-8-12-23-15-18)22(27-13-6-3-7-14-27)28(26-17)19-10-4-2-5-11-19/h2,4-5,8-12,15-16H,3,6-7,13-14H2,1H3,(H,25,29)/b24-16+. The number of benzene rings is 1. The number of nitrogens with zero attached hydrogens (tertiary/aromatic N) is 5. The monoisotopic (exact) mass is 388 g/mol. The van der Waals surface area contributed by atoms with E-state index in [0.29, 0.717) is 5.56 Å². The predicted octanol–water partition coefficient (Wildman–Crippen LogP) is 3.33. The van der Waals surface area contributed by atoms with Crippen molar-refractivity contribution in [3.63, 3.8) is 0 Å². The number of piperidine rings is 1. The molecule has 4 rings (SSSR count). The van der Waals surface area contributed by atoms with Gasteiger partial charge >= 0.3 is 0 Å². The molecule has 1 saturated heterocycles. The molecule has 7 heteroatoms. The molecule has 2 aromatic heterocycles. The van der Waals surface area contributed by atoms with E-state index in [0.717, 1.165) is 48.7 Å². The summed E-state index contributed by atoms with van der Waals surface area (Å²) in [5, 5.41) is 8.98. The topological polar surface area (TPSA) is 75.4 Å². The smallest absolute Gasteiger partial charge is 0.272 e. The second kappa shape index (κ2) is 8.68. The fourth-order valence-corrected chi connectivity index (χ4v) is 3.55. The maximum Gasteiger partial charge on any atom is 0.272 e. The number of amides is 1. The van der Waals surface area contributed by atoms with E-state index >= 15 is 0 Å². The minimum atomic E-state index is -0.290. The summed E-state index contributed by atoms with van der Waals surface area (Å²) in [6, 6.07) is 13.5. The first kappa shape index (κ1) is 18.9. The third kappa shape index (κ3) is 4.18.